The van der Waals surface area contributed by atoms with Crippen LogP contribution in [-0.2, 0) is 16.1 Å². The summed E-state index contributed by atoms with van der Waals surface area (Å²) in [6.07, 6.45) is 5.26. The normalized spacial score (nSPS) is 16.3. The molecule has 1 aliphatic rings. The predicted molar refractivity (Wildman–Crippen MR) is 125 cm³/mol. The van der Waals surface area contributed by atoms with Crippen LogP contribution in [-0.4, -0.2) is 40.0 Å². The molecule has 1 aliphatic heterocycles. The standard InChI is InChI=1S/C24H24BrN3O3/c1-16-8-9-17(20(25)13-16)10-11-23(29)28(14-18-5-4-12-31-18)15-22-26-21-7-3-2-6-19(21)24(30)27-22/h2-3,6-11,13,18H,4-5,12,14-15H2,1H3,(H,26,27,30)/b11-10+. The number of rotatable bonds is 6. The van der Waals surface area contributed by atoms with Gasteiger partial charge in [-0.3, -0.25) is 9.59 Å². The monoisotopic (exact) mass is 481 g/mol. The first-order valence-electron chi connectivity index (χ1n) is 10.3. The molecule has 0 radical (unpaired) electrons. The highest BCUT2D eigenvalue weighted by atomic mass is 79.9. The van der Waals surface area contributed by atoms with Crippen molar-refractivity contribution in [3.63, 3.8) is 0 Å². The van der Waals surface area contributed by atoms with Crippen LogP contribution in [0.4, 0.5) is 0 Å². The Morgan fingerprint density at radius 3 is 2.94 bits per heavy atom. The largest absolute Gasteiger partial charge is 0.376 e. The molecule has 2 aromatic carbocycles. The third-order valence-electron chi connectivity index (χ3n) is 5.32. The Morgan fingerprint density at radius 1 is 1.32 bits per heavy atom. The van der Waals surface area contributed by atoms with Crippen molar-refractivity contribution in [2.75, 3.05) is 13.2 Å². The number of aryl methyl sites for hydroxylation is 1. The van der Waals surface area contributed by atoms with Gasteiger partial charge < -0.3 is 14.6 Å². The van der Waals surface area contributed by atoms with Crippen molar-refractivity contribution in [3.8, 4) is 0 Å². The van der Waals surface area contributed by atoms with E-state index in [1.807, 2.05) is 31.2 Å². The van der Waals surface area contributed by atoms with Gasteiger partial charge in [0.2, 0.25) is 5.91 Å². The SMILES string of the molecule is Cc1ccc(/C=C/C(=O)N(Cc2nc3ccccc3c(=O)[nH]2)CC2CCCO2)c(Br)c1. The van der Waals surface area contributed by atoms with Crippen molar-refractivity contribution in [1.82, 2.24) is 14.9 Å². The van der Waals surface area contributed by atoms with E-state index in [2.05, 4.69) is 25.9 Å². The Bertz CT molecular complexity index is 1180. The van der Waals surface area contributed by atoms with Crippen LogP contribution in [0, 0.1) is 6.92 Å². The number of aromatic nitrogens is 2. The molecule has 1 fully saturated rings. The van der Waals surface area contributed by atoms with Gasteiger partial charge in [0.15, 0.2) is 0 Å². The molecule has 1 N–H and O–H groups in total. The number of H-pyrrole nitrogens is 1. The maximum absolute atomic E-state index is 13.1. The number of carbonyl (C=O) groups excluding carboxylic acids is 1. The lowest BCUT2D eigenvalue weighted by molar-refractivity contribution is -0.128. The van der Waals surface area contributed by atoms with Gasteiger partial charge in [-0.15, -0.1) is 0 Å². The summed E-state index contributed by atoms with van der Waals surface area (Å²) in [5.74, 6) is 0.304. The lowest BCUT2D eigenvalue weighted by Gasteiger charge is -2.24. The van der Waals surface area contributed by atoms with E-state index in [1.165, 1.54) is 0 Å². The van der Waals surface area contributed by atoms with E-state index in [1.54, 1.807) is 35.3 Å². The maximum Gasteiger partial charge on any atom is 0.258 e. The number of carbonyl (C=O) groups is 1. The van der Waals surface area contributed by atoms with Gasteiger partial charge in [0.05, 0.1) is 23.6 Å². The molecular formula is C24H24BrN3O3. The summed E-state index contributed by atoms with van der Waals surface area (Å²) in [7, 11) is 0. The van der Waals surface area contributed by atoms with Gasteiger partial charge in [-0.1, -0.05) is 40.2 Å². The summed E-state index contributed by atoms with van der Waals surface area (Å²) in [6, 6.07) is 13.2. The summed E-state index contributed by atoms with van der Waals surface area (Å²) < 4.78 is 6.68. The lowest BCUT2D eigenvalue weighted by Crippen LogP contribution is -2.36. The number of ether oxygens (including phenoxy) is 1. The minimum Gasteiger partial charge on any atom is -0.376 e. The van der Waals surface area contributed by atoms with Crippen molar-refractivity contribution < 1.29 is 9.53 Å². The number of halogens is 1. The van der Waals surface area contributed by atoms with Gasteiger partial charge in [-0.25, -0.2) is 4.98 Å². The van der Waals surface area contributed by atoms with Gasteiger partial charge in [-0.2, -0.15) is 0 Å². The second-order valence-corrected chi connectivity index (χ2v) is 8.60. The summed E-state index contributed by atoms with van der Waals surface area (Å²) in [5.41, 5.74) is 2.48. The van der Waals surface area contributed by atoms with E-state index in [0.717, 1.165) is 28.4 Å². The highest BCUT2D eigenvalue weighted by Gasteiger charge is 2.22. The molecule has 0 saturated carbocycles. The number of para-hydroxylation sites is 1. The maximum atomic E-state index is 13.1. The Labute approximate surface area is 189 Å². The van der Waals surface area contributed by atoms with E-state index in [9.17, 15) is 9.59 Å². The van der Waals surface area contributed by atoms with Gasteiger partial charge in [-0.05, 0) is 55.2 Å². The number of amides is 1. The van der Waals surface area contributed by atoms with Crippen LogP contribution in [0.1, 0.15) is 29.8 Å². The molecule has 31 heavy (non-hydrogen) atoms. The minimum absolute atomic E-state index is 0.00404. The first-order valence-corrected chi connectivity index (χ1v) is 11.1. The van der Waals surface area contributed by atoms with Crippen molar-refractivity contribution in [1.29, 1.82) is 0 Å². The van der Waals surface area contributed by atoms with Crippen LogP contribution in [0.3, 0.4) is 0 Å². The van der Waals surface area contributed by atoms with Crippen LogP contribution in [0.15, 0.2) is 57.8 Å². The van der Waals surface area contributed by atoms with Crippen LogP contribution < -0.4 is 5.56 Å². The summed E-state index contributed by atoms with van der Waals surface area (Å²) >= 11 is 3.54. The Morgan fingerprint density at radius 2 is 2.16 bits per heavy atom. The van der Waals surface area contributed by atoms with Gasteiger partial charge >= 0.3 is 0 Å². The average Bonchev–Trinajstić information content (AvgIpc) is 3.26. The van der Waals surface area contributed by atoms with E-state index in [4.69, 9.17) is 4.74 Å². The Hall–Kier alpha value is -2.77. The lowest BCUT2D eigenvalue weighted by atomic mass is 10.1. The summed E-state index contributed by atoms with van der Waals surface area (Å²) in [5, 5.41) is 0.535. The number of nitrogens with one attached hydrogen (secondary N) is 1. The molecule has 1 aromatic heterocycles. The summed E-state index contributed by atoms with van der Waals surface area (Å²) in [6.45, 7) is 3.39. The molecule has 2 heterocycles. The topological polar surface area (TPSA) is 75.3 Å². The number of nitrogens with zero attached hydrogens (tertiary/aromatic N) is 2. The smallest absolute Gasteiger partial charge is 0.258 e. The van der Waals surface area contributed by atoms with Crippen molar-refractivity contribution in [2.45, 2.75) is 32.4 Å². The molecule has 1 saturated heterocycles. The molecule has 1 unspecified atom stereocenters. The average molecular weight is 482 g/mol. The highest BCUT2D eigenvalue weighted by molar-refractivity contribution is 9.10. The quantitative estimate of drug-likeness (QED) is 0.534. The minimum atomic E-state index is -0.204. The second kappa shape index (κ2) is 9.58. The van der Waals surface area contributed by atoms with Crippen LogP contribution in [0.2, 0.25) is 0 Å². The van der Waals surface area contributed by atoms with E-state index in [-0.39, 0.29) is 24.1 Å². The van der Waals surface area contributed by atoms with E-state index in [0.29, 0.717) is 29.9 Å². The zero-order chi connectivity index (χ0) is 21.8. The molecule has 0 spiro atoms. The first kappa shape index (κ1) is 21.5. The Balaban J connectivity index is 1.58. The highest BCUT2D eigenvalue weighted by Crippen LogP contribution is 2.20. The van der Waals surface area contributed by atoms with E-state index < -0.39 is 0 Å². The summed E-state index contributed by atoms with van der Waals surface area (Å²) in [4.78, 5) is 34.6. The van der Waals surface area contributed by atoms with Gasteiger partial charge in [0, 0.05) is 23.7 Å². The zero-order valence-electron chi connectivity index (χ0n) is 17.3. The number of benzene rings is 2. The molecule has 1 atom stereocenters. The van der Waals surface area contributed by atoms with Crippen molar-refractivity contribution >= 4 is 38.8 Å². The predicted octanol–water partition coefficient (Wildman–Crippen LogP) is 4.22. The third-order valence-corrected chi connectivity index (χ3v) is 6.01. The fourth-order valence-electron chi connectivity index (χ4n) is 3.69. The van der Waals surface area contributed by atoms with E-state index >= 15 is 0 Å². The number of aromatic amines is 1. The molecule has 6 nitrogen and oxygen atoms in total. The van der Waals surface area contributed by atoms with Crippen LogP contribution >= 0.6 is 15.9 Å². The molecule has 1 amide bonds. The molecule has 0 bridgehead atoms. The molecular weight excluding hydrogens is 458 g/mol. The van der Waals surface area contributed by atoms with Crippen molar-refractivity contribution in [3.05, 3.63) is 80.3 Å². The number of fused-ring (bicyclic) bond motifs is 1. The Kier molecular flexibility index (Phi) is 6.63. The van der Waals surface area contributed by atoms with Crippen LogP contribution in [0.25, 0.3) is 17.0 Å². The van der Waals surface area contributed by atoms with Crippen LogP contribution in [0.5, 0.6) is 0 Å². The van der Waals surface area contributed by atoms with Gasteiger partial charge in [0.1, 0.15) is 5.82 Å². The number of hydrogen-bond donors (Lipinski definition) is 1. The zero-order valence-corrected chi connectivity index (χ0v) is 18.9. The number of hydrogen-bond acceptors (Lipinski definition) is 4. The molecule has 7 heteroatoms. The second-order valence-electron chi connectivity index (χ2n) is 7.74. The first-order chi connectivity index (χ1) is 15.0. The van der Waals surface area contributed by atoms with Gasteiger partial charge in [0.25, 0.3) is 5.56 Å². The third kappa shape index (κ3) is 5.29. The molecule has 4 rings (SSSR count). The molecule has 0 aliphatic carbocycles. The molecule has 160 valence electrons. The fraction of sp³-hybridized carbons (Fsp3) is 0.292. The van der Waals surface area contributed by atoms with Crippen molar-refractivity contribution in [2.24, 2.45) is 0 Å². The fourth-order valence-corrected chi connectivity index (χ4v) is 4.32. The molecule has 3 aromatic rings.